The van der Waals surface area contributed by atoms with E-state index in [0.717, 1.165) is 5.56 Å². The van der Waals surface area contributed by atoms with Crippen molar-refractivity contribution in [3.8, 4) is 11.3 Å². The predicted octanol–water partition coefficient (Wildman–Crippen LogP) is 1.99. The van der Waals surface area contributed by atoms with Crippen molar-refractivity contribution in [1.82, 2.24) is 5.16 Å². The third-order valence-corrected chi connectivity index (χ3v) is 2.06. The van der Waals surface area contributed by atoms with Gasteiger partial charge in [0.1, 0.15) is 5.69 Å². The maximum absolute atomic E-state index is 5.58. The van der Waals surface area contributed by atoms with Crippen molar-refractivity contribution >= 4 is 17.0 Å². The van der Waals surface area contributed by atoms with Crippen LogP contribution in [0.4, 0.5) is 5.69 Å². The zero-order valence-corrected chi connectivity index (χ0v) is 6.47. The van der Waals surface area contributed by atoms with Crippen LogP contribution in [-0.2, 0) is 0 Å². The maximum Gasteiger partial charge on any atom is 0.190 e. The number of rotatable bonds is 1. The van der Waals surface area contributed by atoms with E-state index in [4.69, 9.17) is 10.3 Å². The van der Waals surface area contributed by atoms with Gasteiger partial charge in [-0.05, 0) is 11.4 Å². The van der Waals surface area contributed by atoms with Crippen molar-refractivity contribution in [2.75, 3.05) is 5.73 Å². The van der Waals surface area contributed by atoms with Crippen molar-refractivity contribution in [2.45, 2.75) is 0 Å². The average Bonchev–Trinajstić information content (AvgIpc) is 2.55. The Hall–Kier alpha value is -1.29. The standard InChI is InChI=1S/C7H6N2OS/c8-6-3-9-10-7(6)5-1-2-11-4-5/h1-4H,8H2. The third-order valence-electron chi connectivity index (χ3n) is 1.38. The Morgan fingerprint density at radius 2 is 2.45 bits per heavy atom. The van der Waals surface area contributed by atoms with E-state index in [0.29, 0.717) is 11.4 Å². The first-order valence-electron chi connectivity index (χ1n) is 3.10. The number of hydrogen-bond acceptors (Lipinski definition) is 4. The van der Waals surface area contributed by atoms with Gasteiger partial charge in [0.05, 0.1) is 6.20 Å². The molecule has 56 valence electrons. The lowest BCUT2D eigenvalue weighted by Crippen LogP contribution is -1.82. The second-order valence-corrected chi connectivity index (χ2v) is 2.90. The summed E-state index contributed by atoms with van der Waals surface area (Å²) in [4.78, 5) is 0. The predicted molar refractivity (Wildman–Crippen MR) is 44.2 cm³/mol. The highest BCUT2D eigenvalue weighted by atomic mass is 32.1. The first-order chi connectivity index (χ1) is 5.38. The minimum atomic E-state index is 0.586. The van der Waals surface area contributed by atoms with Crippen molar-refractivity contribution in [1.29, 1.82) is 0 Å². The fourth-order valence-corrected chi connectivity index (χ4v) is 1.50. The summed E-state index contributed by atoms with van der Waals surface area (Å²) < 4.78 is 4.94. The first kappa shape index (κ1) is 6.42. The molecule has 0 saturated carbocycles. The van der Waals surface area contributed by atoms with Gasteiger partial charge in [0.15, 0.2) is 5.76 Å². The van der Waals surface area contributed by atoms with Crippen LogP contribution in [0.1, 0.15) is 0 Å². The summed E-state index contributed by atoms with van der Waals surface area (Å²) in [6, 6.07) is 1.95. The lowest BCUT2D eigenvalue weighted by Gasteiger charge is -1.88. The largest absolute Gasteiger partial charge is 0.394 e. The molecule has 0 aliphatic heterocycles. The zero-order chi connectivity index (χ0) is 7.68. The Balaban J connectivity index is 2.53. The van der Waals surface area contributed by atoms with Crippen LogP contribution < -0.4 is 5.73 Å². The molecule has 2 aromatic rings. The topological polar surface area (TPSA) is 52.0 Å². The van der Waals surface area contributed by atoms with E-state index < -0.39 is 0 Å². The van der Waals surface area contributed by atoms with Crippen molar-refractivity contribution in [3.05, 3.63) is 23.0 Å². The number of nitrogens with two attached hydrogens (primary N) is 1. The summed E-state index contributed by atoms with van der Waals surface area (Å²) in [5, 5.41) is 7.52. The van der Waals surface area contributed by atoms with Gasteiger partial charge in [-0.25, -0.2) is 0 Å². The smallest absolute Gasteiger partial charge is 0.190 e. The SMILES string of the molecule is Nc1cnoc1-c1ccsc1. The van der Waals surface area contributed by atoms with Gasteiger partial charge in [0, 0.05) is 10.9 Å². The second kappa shape index (κ2) is 2.39. The summed E-state index contributed by atoms with van der Waals surface area (Å²) >= 11 is 1.60. The van der Waals surface area contributed by atoms with Crippen LogP contribution in [0.15, 0.2) is 27.5 Å². The van der Waals surface area contributed by atoms with E-state index in [1.165, 1.54) is 6.20 Å². The number of nitrogen functional groups attached to an aromatic ring is 1. The number of nitrogens with zero attached hydrogens (tertiary/aromatic N) is 1. The minimum absolute atomic E-state index is 0.586. The Morgan fingerprint density at radius 1 is 1.55 bits per heavy atom. The van der Waals surface area contributed by atoms with Gasteiger partial charge >= 0.3 is 0 Å². The molecule has 11 heavy (non-hydrogen) atoms. The molecule has 4 heteroatoms. The van der Waals surface area contributed by atoms with E-state index in [2.05, 4.69) is 5.16 Å². The summed E-state index contributed by atoms with van der Waals surface area (Å²) in [5.74, 6) is 0.659. The van der Waals surface area contributed by atoms with Gasteiger partial charge in [0.2, 0.25) is 0 Å². The highest BCUT2D eigenvalue weighted by Gasteiger charge is 2.06. The molecular formula is C7H6N2OS. The quantitative estimate of drug-likeness (QED) is 0.704. The Morgan fingerprint density at radius 3 is 3.00 bits per heavy atom. The Bertz CT molecular complexity index is 339. The average molecular weight is 166 g/mol. The summed E-state index contributed by atoms with van der Waals surface area (Å²) in [6.07, 6.45) is 1.51. The molecule has 2 aromatic heterocycles. The normalized spacial score (nSPS) is 10.2. The lowest BCUT2D eigenvalue weighted by atomic mass is 10.2. The van der Waals surface area contributed by atoms with Crippen molar-refractivity contribution in [3.63, 3.8) is 0 Å². The molecule has 0 saturated heterocycles. The maximum atomic E-state index is 5.58. The number of hydrogen-bond donors (Lipinski definition) is 1. The molecule has 0 bridgehead atoms. The van der Waals surface area contributed by atoms with Crippen molar-refractivity contribution < 1.29 is 4.52 Å². The van der Waals surface area contributed by atoms with Crippen LogP contribution in [-0.4, -0.2) is 5.16 Å². The first-order valence-corrected chi connectivity index (χ1v) is 4.05. The van der Waals surface area contributed by atoms with Gasteiger partial charge in [0.25, 0.3) is 0 Å². The molecule has 3 nitrogen and oxygen atoms in total. The van der Waals surface area contributed by atoms with E-state index >= 15 is 0 Å². The Labute approximate surface area is 67.4 Å². The van der Waals surface area contributed by atoms with Gasteiger partial charge in [-0.15, -0.1) is 0 Å². The van der Waals surface area contributed by atoms with Gasteiger partial charge in [-0.2, -0.15) is 11.3 Å². The number of thiophene rings is 1. The molecule has 0 atom stereocenters. The third kappa shape index (κ3) is 1.01. The molecule has 0 amide bonds. The molecule has 0 aromatic carbocycles. The van der Waals surface area contributed by atoms with Gasteiger partial charge in [-0.1, -0.05) is 5.16 Å². The fourth-order valence-electron chi connectivity index (χ4n) is 0.860. The number of aromatic nitrogens is 1. The molecule has 2 heterocycles. The van der Waals surface area contributed by atoms with E-state index in [1.807, 2.05) is 16.8 Å². The van der Waals surface area contributed by atoms with E-state index in [9.17, 15) is 0 Å². The van der Waals surface area contributed by atoms with Crippen LogP contribution in [0.2, 0.25) is 0 Å². The molecular weight excluding hydrogens is 160 g/mol. The van der Waals surface area contributed by atoms with Crippen LogP contribution in [0.3, 0.4) is 0 Å². The monoisotopic (exact) mass is 166 g/mol. The summed E-state index contributed by atoms with van der Waals surface area (Å²) in [7, 11) is 0. The molecule has 0 aliphatic carbocycles. The molecule has 0 unspecified atom stereocenters. The number of anilines is 1. The van der Waals surface area contributed by atoms with Crippen LogP contribution in [0.5, 0.6) is 0 Å². The molecule has 0 spiro atoms. The Kier molecular flexibility index (Phi) is 1.40. The zero-order valence-electron chi connectivity index (χ0n) is 5.65. The fraction of sp³-hybridized carbons (Fsp3) is 0. The highest BCUT2D eigenvalue weighted by molar-refractivity contribution is 7.08. The molecule has 0 radical (unpaired) electrons. The van der Waals surface area contributed by atoms with Gasteiger partial charge in [-0.3, -0.25) is 0 Å². The van der Waals surface area contributed by atoms with Crippen molar-refractivity contribution in [2.24, 2.45) is 0 Å². The van der Waals surface area contributed by atoms with Crippen LogP contribution in [0, 0.1) is 0 Å². The van der Waals surface area contributed by atoms with E-state index in [-0.39, 0.29) is 0 Å². The molecule has 2 N–H and O–H groups in total. The van der Waals surface area contributed by atoms with Gasteiger partial charge < -0.3 is 10.3 Å². The van der Waals surface area contributed by atoms with E-state index in [1.54, 1.807) is 11.3 Å². The minimum Gasteiger partial charge on any atom is -0.394 e. The van der Waals surface area contributed by atoms with Crippen LogP contribution >= 0.6 is 11.3 Å². The summed E-state index contributed by atoms with van der Waals surface area (Å²) in [6.45, 7) is 0. The molecule has 2 rings (SSSR count). The van der Waals surface area contributed by atoms with Crippen LogP contribution in [0.25, 0.3) is 11.3 Å². The molecule has 0 aliphatic rings. The highest BCUT2D eigenvalue weighted by Crippen LogP contribution is 2.26. The second-order valence-electron chi connectivity index (χ2n) is 2.12. The molecule has 0 fully saturated rings. The summed E-state index contributed by atoms with van der Waals surface area (Å²) in [5.41, 5.74) is 7.16. The lowest BCUT2D eigenvalue weighted by molar-refractivity contribution is 0.432.